The summed E-state index contributed by atoms with van der Waals surface area (Å²) in [6, 6.07) is 0. The number of unbranched alkanes of at least 4 members (excludes halogenated alkanes) is 4. The normalized spacial score (nSPS) is 12.8. The third-order valence-corrected chi connectivity index (χ3v) is 4.33. The Morgan fingerprint density at radius 2 is 0.667 bits per heavy atom. The Hall–Kier alpha value is -0.160. The van der Waals surface area contributed by atoms with Crippen LogP contribution in [0.2, 0.25) is 0 Å². The maximum absolute atomic E-state index is 6.17. The van der Waals surface area contributed by atoms with Crippen LogP contribution >= 0.6 is 0 Å². The summed E-state index contributed by atoms with van der Waals surface area (Å²) in [6.45, 7) is 15.2. The maximum Gasteiger partial charge on any atom is 0.220 e. The van der Waals surface area contributed by atoms with Gasteiger partial charge in [0.1, 0.15) is 0 Å². The van der Waals surface area contributed by atoms with E-state index >= 15 is 0 Å². The van der Waals surface area contributed by atoms with Crippen molar-refractivity contribution >= 4 is 0 Å². The molecule has 0 unspecified atom stereocenters. The van der Waals surface area contributed by atoms with Crippen molar-refractivity contribution in [3.8, 4) is 0 Å². The molecule has 0 saturated heterocycles. The second-order valence-corrected chi connectivity index (χ2v) is 6.70. The van der Waals surface area contributed by atoms with Crippen LogP contribution in [0.4, 0.5) is 0 Å². The molecule has 0 aromatic rings. The van der Waals surface area contributed by atoms with Gasteiger partial charge in [0.15, 0.2) is 0 Å². The molecule has 24 heavy (non-hydrogen) atoms. The van der Waals surface area contributed by atoms with Gasteiger partial charge in [0.2, 0.25) is 11.6 Å². The molecule has 0 fully saturated rings. The van der Waals surface area contributed by atoms with Crippen molar-refractivity contribution in [3.05, 3.63) is 0 Å². The number of rotatable bonds is 17. The van der Waals surface area contributed by atoms with Gasteiger partial charge in [-0.25, -0.2) is 0 Å². The maximum atomic E-state index is 6.17. The van der Waals surface area contributed by atoms with E-state index in [1.807, 2.05) is 13.8 Å². The highest BCUT2D eigenvalue weighted by Crippen LogP contribution is 2.34. The lowest BCUT2D eigenvalue weighted by atomic mass is 10.1. The molecule has 0 aromatic carbocycles. The molecule has 0 aliphatic carbocycles. The molecule has 4 nitrogen and oxygen atoms in total. The van der Waals surface area contributed by atoms with Gasteiger partial charge < -0.3 is 18.9 Å². The van der Waals surface area contributed by atoms with Crippen LogP contribution < -0.4 is 0 Å². The van der Waals surface area contributed by atoms with Crippen molar-refractivity contribution in [2.24, 2.45) is 0 Å². The summed E-state index contributed by atoms with van der Waals surface area (Å²) in [7, 11) is 0. The molecule has 0 saturated carbocycles. The molecule has 0 aliphatic rings. The molecule has 0 spiro atoms. The minimum atomic E-state index is -0.890. The number of ether oxygens (including phenoxy) is 4. The van der Waals surface area contributed by atoms with Crippen molar-refractivity contribution in [1.82, 2.24) is 0 Å². The summed E-state index contributed by atoms with van der Waals surface area (Å²) in [5.41, 5.74) is 0. The summed E-state index contributed by atoms with van der Waals surface area (Å²) in [4.78, 5) is 0. The fourth-order valence-electron chi connectivity index (χ4n) is 2.25. The van der Waals surface area contributed by atoms with E-state index in [1.165, 1.54) is 0 Å². The van der Waals surface area contributed by atoms with Crippen molar-refractivity contribution in [1.29, 1.82) is 0 Å². The molecule has 0 atom stereocenters. The van der Waals surface area contributed by atoms with Crippen molar-refractivity contribution in [2.45, 2.75) is 104 Å². The predicted molar refractivity (Wildman–Crippen MR) is 100 cm³/mol. The molecule has 0 heterocycles. The lowest BCUT2D eigenvalue weighted by Gasteiger charge is -2.44. The van der Waals surface area contributed by atoms with Crippen molar-refractivity contribution in [2.75, 3.05) is 26.4 Å². The summed E-state index contributed by atoms with van der Waals surface area (Å²) >= 11 is 0. The minimum Gasteiger partial charge on any atom is -0.346 e. The lowest BCUT2D eigenvalue weighted by Crippen LogP contribution is -2.58. The highest BCUT2D eigenvalue weighted by molar-refractivity contribution is 4.82. The highest BCUT2D eigenvalue weighted by atomic mass is 16.8. The van der Waals surface area contributed by atoms with Crippen molar-refractivity contribution in [3.63, 3.8) is 0 Å². The summed E-state index contributed by atoms with van der Waals surface area (Å²) in [5.74, 6) is -1.78. The molecular formula is C20H42O4. The summed E-state index contributed by atoms with van der Waals surface area (Å²) in [5, 5.41) is 0. The number of hydrogen-bond donors (Lipinski definition) is 0. The zero-order valence-corrected chi connectivity index (χ0v) is 17.1. The average Bonchev–Trinajstić information content (AvgIpc) is 2.56. The van der Waals surface area contributed by atoms with Gasteiger partial charge in [-0.05, 0) is 39.5 Å². The first-order chi connectivity index (χ1) is 11.5. The summed E-state index contributed by atoms with van der Waals surface area (Å²) in [6.07, 6.45) is 8.40. The molecule has 0 amide bonds. The molecule has 0 bridgehead atoms. The largest absolute Gasteiger partial charge is 0.346 e. The molecule has 146 valence electrons. The Kier molecular flexibility index (Phi) is 14.0. The second-order valence-electron chi connectivity index (χ2n) is 6.70. The smallest absolute Gasteiger partial charge is 0.220 e. The van der Waals surface area contributed by atoms with Crippen molar-refractivity contribution < 1.29 is 18.9 Å². The van der Waals surface area contributed by atoms with Gasteiger partial charge >= 0.3 is 0 Å². The molecule has 0 N–H and O–H groups in total. The zero-order chi connectivity index (χ0) is 18.3. The van der Waals surface area contributed by atoms with E-state index in [4.69, 9.17) is 18.9 Å². The van der Waals surface area contributed by atoms with Crippen LogP contribution in [0.15, 0.2) is 0 Å². The van der Waals surface area contributed by atoms with Gasteiger partial charge in [0.05, 0.1) is 26.4 Å². The van der Waals surface area contributed by atoms with Gasteiger partial charge in [0.25, 0.3) is 0 Å². The van der Waals surface area contributed by atoms with E-state index in [2.05, 4.69) is 27.7 Å². The highest BCUT2D eigenvalue weighted by Gasteiger charge is 2.49. The van der Waals surface area contributed by atoms with Crippen LogP contribution in [0, 0.1) is 0 Å². The third kappa shape index (κ3) is 8.80. The molecule has 0 rings (SSSR count). The molecule has 0 aromatic heterocycles. The fraction of sp³-hybridized carbons (Fsp3) is 1.00. The molecule has 4 heteroatoms. The Morgan fingerprint density at radius 1 is 0.458 bits per heavy atom. The molecule has 0 radical (unpaired) electrons. The van der Waals surface area contributed by atoms with E-state index in [0.717, 1.165) is 51.4 Å². The van der Waals surface area contributed by atoms with E-state index in [-0.39, 0.29) is 0 Å². The zero-order valence-electron chi connectivity index (χ0n) is 17.1. The van der Waals surface area contributed by atoms with Gasteiger partial charge in [-0.2, -0.15) is 0 Å². The van der Waals surface area contributed by atoms with Crippen LogP contribution in [0.5, 0.6) is 0 Å². The quantitative estimate of drug-likeness (QED) is 0.250. The molecule has 0 aliphatic heterocycles. The van der Waals surface area contributed by atoms with Gasteiger partial charge in [-0.3, -0.25) is 0 Å². The van der Waals surface area contributed by atoms with E-state index < -0.39 is 11.6 Å². The first-order valence-corrected chi connectivity index (χ1v) is 10.0. The average molecular weight is 347 g/mol. The van der Waals surface area contributed by atoms with Crippen LogP contribution in [-0.4, -0.2) is 38.0 Å². The van der Waals surface area contributed by atoms with Crippen LogP contribution in [0.25, 0.3) is 0 Å². The Balaban J connectivity index is 5.08. The van der Waals surface area contributed by atoms with Crippen LogP contribution in [0.3, 0.4) is 0 Å². The minimum absolute atomic E-state index is 0.656. The van der Waals surface area contributed by atoms with E-state index in [1.54, 1.807) is 0 Å². The lowest BCUT2D eigenvalue weighted by molar-refractivity contribution is -0.397. The predicted octanol–water partition coefficient (Wildman–Crippen LogP) is 5.69. The van der Waals surface area contributed by atoms with Gasteiger partial charge in [-0.1, -0.05) is 53.4 Å². The van der Waals surface area contributed by atoms with Gasteiger partial charge in [-0.15, -0.1) is 0 Å². The fourth-order valence-corrected chi connectivity index (χ4v) is 2.25. The standard InChI is InChI=1S/C20H42O4/c1-7-11-15-21-19(5,22-16-12-8-2)20(6,23-17-13-9-3)24-18-14-10-4/h7-18H2,1-6H3. The Morgan fingerprint density at radius 3 is 0.833 bits per heavy atom. The summed E-state index contributed by atoms with van der Waals surface area (Å²) < 4.78 is 24.7. The SMILES string of the molecule is CCCCOC(C)(OCCCC)C(C)(OCCCC)OCCCC. The topological polar surface area (TPSA) is 36.9 Å². The van der Waals surface area contributed by atoms with Crippen LogP contribution in [-0.2, 0) is 18.9 Å². The second kappa shape index (κ2) is 14.1. The molecular weight excluding hydrogens is 304 g/mol. The van der Waals surface area contributed by atoms with Crippen LogP contribution in [0.1, 0.15) is 92.9 Å². The van der Waals surface area contributed by atoms with Gasteiger partial charge in [0, 0.05) is 0 Å². The van der Waals surface area contributed by atoms with E-state index in [0.29, 0.717) is 26.4 Å². The van der Waals surface area contributed by atoms with E-state index in [9.17, 15) is 0 Å². The first kappa shape index (κ1) is 23.8. The Bertz CT molecular complexity index is 233. The number of hydrogen-bond acceptors (Lipinski definition) is 4. The first-order valence-electron chi connectivity index (χ1n) is 10.0. The monoisotopic (exact) mass is 346 g/mol. The Labute approximate surface area is 150 Å². The third-order valence-electron chi connectivity index (χ3n) is 4.33.